The van der Waals surface area contributed by atoms with Crippen LogP contribution in [-0.2, 0) is 21.3 Å². The number of hydrogen-bond donors (Lipinski definition) is 1. The molecule has 0 radical (unpaired) electrons. The molecule has 1 aromatic rings. The molecule has 1 amide bonds. The number of carbonyl (C=O) groups is 1. The van der Waals surface area contributed by atoms with E-state index in [2.05, 4.69) is 5.32 Å². The molecule has 3 nitrogen and oxygen atoms in total. The van der Waals surface area contributed by atoms with Crippen LogP contribution < -0.4 is 5.32 Å². The number of amides is 1. The van der Waals surface area contributed by atoms with Crippen molar-refractivity contribution in [2.75, 3.05) is 12.3 Å². The van der Waals surface area contributed by atoms with Crippen LogP contribution in [0.3, 0.4) is 0 Å². The van der Waals surface area contributed by atoms with E-state index in [0.717, 1.165) is 5.56 Å². The fourth-order valence-corrected chi connectivity index (χ4v) is 2.39. The Morgan fingerprint density at radius 2 is 1.94 bits per heavy atom. The van der Waals surface area contributed by atoms with Gasteiger partial charge in [-0.1, -0.05) is 44.2 Å². The first kappa shape index (κ1) is 13.9. The minimum atomic E-state index is -1.13. The maximum atomic E-state index is 11.7. The van der Waals surface area contributed by atoms with E-state index in [1.807, 2.05) is 44.2 Å². The van der Waals surface area contributed by atoms with Crippen LogP contribution in [-0.4, -0.2) is 22.4 Å². The van der Waals surface area contributed by atoms with E-state index in [1.165, 1.54) is 0 Å². The van der Waals surface area contributed by atoms with Gasteiger partial charge >= 0.3 is 0 Å². The van der Waals surface area contributed by atoms with Crippen molar-refractivity contribution in [3.05, 3.63) is 35.9 Å². The Hall–Kier alpha value is -1.16. The molecule has 1 N–H and O–H groups in total. The standard InChI is InChI=1S/C13H19NO2S/c1-11(2)8-14-13(15)10-17(16)9-12-6-4-3-5-7-12/h3-7,11H,8-10H2,1-2H3,(H,14,15). The Bertz CT molecular complexity index is 376. The van der Waals surface area contributed by atoms with Crippen LogP contribution in [0.2, 0.25) is 0 Å². The van der Waals surface area contributed by atoms with Gasteiger partial charge in [0.2, 0.25) is 5.91 Å². The minimum absolute atomic E-state index is 0.0849. The Balaban J connectivity index is 2.32. The Kier molecular flexibility index (Phi) is 5.91. The van der Waals surface area contributed by atoms with Crippen molar-refractivity contribution in [2.45, 2.75) is 19.6 Å². The molecule has 17 heavy (non-hydrogen) atoms. The van der Waals surface area contributed by atoms with Crippen LogP contribution >= 0.6 is 0 Å². The summed E-state index contributed by atoms with van der Waals surface area (Å²) in [5, 5.41) is 2.77. The van der Waals surface area contributed by atoms with E-state index in [4.69, 9.17) is 0 Å². The quantitative estimate of drug-likeness (QED) is 0.839. The van der Waals surface area contributed by atoms with Crippen molar-refractivity contribution in [1.29, 1.82) is 0 Å². The normalized spacial score (nSPS) is 12.4. The maximum Gasteiger partial charge on any atom is 0.232 e. The molecule has 0 spiro atoms. The summed E-state index contributed by atoms with van der Waals surface area (Å²) in [6.07, 6.45) is 0. The van der Waals surface area contributed by atoms with Crippen molar-refractivity contribution in [1.82, 2.24) is 5.32 Å². The van der Waals surface area contributed by atoms with Gasteiger partial charge in [-0.25, -0.2) is 0 Å². The van der Waals surface area contributed by atoms with Gasteiger partial charge in [0.25, 0.3) is 0 Å². The second-order valence-electron chi connectivity index (χ2n) is 4.41. The molecule has 1 rings (SSSR count). The van der Waals surface area contributed by atoms with Crippen molar-refractivity contribution < 1.29 is 9.00 Å². The molecule has 1 unspecified atom stereocenters. The van der Waals surface area contributed by atoms with Gasteiger partial charge in [-0.3, -0.25) is 9.00 Å². The van der Waals surface area contributed by atoms with Crippen molar-refractivity contribution in [3.8, 4) is 0 Å². The topological polar surface area (TPSA) is 46.2 Å². The molecule has 1 atom stereocenters. The molecule has 0 aliphatic carbocycles. The van der Waals surface area contributed by atoms with Crippen molar-refractivity contribution >= 4 is 16.7 Å². The third-order valence-corrected chi connectivity index (χ3v) is 3.41. The highest BCUT2D eigenvalue weighted by molar-refractivity contribution is 7.84. The van der Waals surface area contributed by atoms with Crippen molar-refractivity contribution in [3.63, 3.8) is 0 Å². The molecule has 0 fully saturated rings. The Morgan fingerprint density at radius 1 is 1.29 bits per heavy atom. The number of nitrogens with one attached hydrogen (secondary N) is 1. The lowest BCUT2D eigenvalue weighted by Crippen LogP contribution is -2.31. The van der Waals surface area contributed by atoms with Crippen LogP contribution in [0.15, 0.2) is 30.3 Å². The number of rotatable bonds is 6. The summed E-state index contributed by atoms with van der Waals surface area (Å²) < 4.78 is 11.7. The van der Waals surface area contributed by atoms with E-state index < -0.39 is 10.8 Å². The predicted molar refractivity (Wildman–Crippen MR) is 71.0 cm³/mol. The summed E-state index contributed by atoms with van der Waals surface area (Å²) in [7, 11) is -1.13. The minimum Gasteiger partial charge on any atom is -0.355 e. The maximum absolute atomic E-state index is 11.7. The van der Waals surface area contributed by atoms with Crippen LogP contribution in [0.25, 0.3) is 0 Å². The lowest BCUT2D eigenvalue weighted by molar-refractivity contribution is -0.118. The summed E-state index contributed by atoms with van der Waals surface area (Å²) in [6.45, 7) is 4.70. The van der Waals surface area contributed by atoms with Gasteiger partial charge in [-0.15, -0.1) is 0 Å². The average Bonchev–Trinajstić information content (AvgIpc) is 2.27. The molecule has 4 heteroatoms. The Labute approximate surface area is 105 Å². The zero-order valence-corrected chi connectivity index (χ0v) is 11.1. The Morgan fingerprint density at radius 3 is 2.53 bits per heavy atom. The highest BCUT2D eigenvalue weighted by atomic mass is 32.2. The zero-order valence-electron chi connectivity index (χ0n) is 10.3. The lowest BCUT2D eigenvalue weighted by Gasteiger charge is -2.07. The van der Waals surface area contributed by atoms with Gasteiger partial charge in [-0.2, -0.15) is 0 Å². The highest BCUT2D eigenvalue weighted by Gasteiger charge is 2.08. The fourth-order valence-electron chi connectivity index (χ4n) is 1.33. The molecule has 0 aliphatic heterocycles. The van der Waals surface area contributed by atoms with Gasteiger partial charge in [0.05, 0.1) is 0 Å². The predicted octanol–water partition coefficient (Wildman–Crippen LogP) is 1.71. The molecule has 1 aromatic carbocycles. The first-order valence-electron chi connectivity index (χ1n) is 5.73. The third kappa shape index (κ3) is 6.22. The summed E-state index contributed by atoms with van der Waals surface area (Å²) >= 11 is 0. The van der Waals surface area contributed by atoms with E-state index in [1.54, 1.807) is 0 Å². The largest absolute Gasteiger partial charge is 0.355 e. The third-order valence-electron chi connectivity index (χ3n) is 2.17. The van der Waals surface area contributed by atoms with Gasteiger partial charge in [-0.05, 0) is 11.5 Å². The molecule has 0 aliphatic rings. The first-order valence-corrected chi connectivity index (χ1v) is 7.22. The van der Waals surface area contributed by atoms with E-state index in [9.17, 15) is 9.00 Å². The number of carbonyl (C=O) groups excluding carboxylic acids is 1. The monoisotopic (exact) mass is 253 g/mol. The molecular formula is C13H19NO2S. The van der Waals surface area contributed by atoms with Crippen LogP contribution in [0.5, 0.6) is 0 Å². The van der Waals surface area contributed by atoms with Crippen LogP contribution in [0, 0.1) is 5.92 Å². The summed E-state index contributed by atoms with van der Waals surface area (Å²) in [6, 6.07) is 9.58. The molecular weight excluding hydrogens is 234 g/mol. The first-order chi connectivity index (χ1) is 8.08. The highest BCUT2D eigenvalue weighted by Crippen LogP contribution is 2.02. The van der Waals surface area contributed by atoms with Gasteiger partial charge in [0.1, 0.15) is 5.75 Å². The van der Waals surface area contributed by atoms with E-state index >= 15 is 0 Å². The van der Waals surface area contributed by atoms with Gasteiger partial charge < -0.3 is 5.32 Å². The van der Waals surface area contributed by atoms with Gasteiger partial charge in [0, 0.05) is 23.1 Å². The molecule has 94 valence electrons. The van der Waals surface area contributed by atoms with E-state index in [-0.39, 0.29) is 11.7 Å². The molecule has 0 saturated carbocycles. The SMILES string of the molecule is CC(C)CNC(=O)CS(=O)Cc1ccccc1. The van der Waals surface area contributed by atoms with Crippen LogP contribution in [0.4, 0.5) is 0 Å². The second-order valence-corrected chi connectivity index (χ2v) is 5.87. The summed E-state index contributed by atoms with van der Waals surface area (Å²) in [4.78, 5) is 11.4. The average molecular weight is 253 g/mol. The zero-order chi connectivity index (χ0) is 12.7. The molecule has 0 bridgehead atoms. The van der Waals surface area contributed by atoms with Crippen molar-refractivity contribution in [2.24, 2.45) is 5.92 Å². The number of benzene rings is 1. The lowest BCUT2D eigenvalue weighted by atomic mass is 10.2. The summed E-state index contributed by atoms with van der Waals surface area (Å²) in [5.41, 5.74) is 1.00. The number of hydrogen-bond acceptors (Lipinski definition) is 2. The molecule has 0 aromatic heterocycles. The van der Waals surface area contributed by atoms with Crippen LogP contribution in [0.1, 0.15) is 19.4 Å². The second kappa shape index (κ2) is 7.22. The van der Waals surface area contributed by atoms with Gasteiger partial charge in [0.15, 0.2) is 0 Å². The smallest absolute Gasteiger partial charge is 0.232 e. The fraction of sp³-hybridized carbons (Fsp3) is 0.462. The van der Waals surface area contributed by atoms with E-state index in [0.29, 0.717) is 18.2 Å². The molecule has 0 heterocycles. The molecule has 0 saturated heterocycles. The summed E-state index contributed by atoms with van der Waals surface area (Å²) in [5.74, 6) is 0.812.